The molecule has 0 radical (unpaired) electrons. The first-order valence-corrected chi connectivity index (χ1v) is 9.20. The van der Waals surface area contributed by atoms with Crippen LogP contribution in [-0.2, 0) is 25.4 Å². The fourth-order valence-electron chi connectivity index (χ4n) is 3.90. The van der Waals surface area contributed by atoms with Crippen LogP contribution in [0.3, 0.4) is 0 Å². The van der Waals surface area contributed by atoms with Crippen LogP contribution in [0.2, 0.25) is 0 Å². The SMILES string of the molecule is Cn1c(=O)n(C)c2cc(NC(=O)CN3CCCC3Cn3cccn3)ccc21. The molecule has 3 heterocycles. The highest BCUT2D eigenvalue weighted by Crippen LogP contribution is 2.20. The van der Waals surface area contributed by atoms with Crippen molar-refractivity contribution >= 4 is 22.6 Å². The molecule has 2 aromatic heterocycles. The topological polar surface area (TPSA) is 77.1 Å². The first-order valence-electron chi connectivity index (χ1n) is 9.20. The molecule has 1 atom stereocenters. The highest BCUT2D eigenvalue weighted by atomic mass is 16.2. The molecule has 0 bridgehead atoms. The van der Waals surface area contributed by atoms with Crippen molar-refractivity contribution in [2.24, 2.45) is 14.1 Å². The summed E-state index contributed by atoms with van der Waals surface area (Å²) in [5, 5.41) is 7.24. The van der Waals surface area contributed by atoms with Crippen LogP contribution >= 0.6 is 0 Å². The van der Waals surface area contributed by atoms with E-state index >= 15 is 0 Å². The van der Waals surface area contributed by atoms with Gasteiger partial charge in [-0.05, 0) is 43.7 Å². The van der Waals surface area contributed by atoms with E-state index in [-0.39, 0.29) is 11.6 Å². The summed E-state index contributed by atoms with van der Waals surface area (Å²) in [6, 6.07) is 7.79. The van der Waals surface area contributed by atoms with Gasteiger partial charge in [0.25, 0.3) is 0 Å². The van der Waals surface area contributed by atoms with Gasteiger partial charge < -0.3 is 5.32 Å². The number of hydrogen-bond donors (Lipinski definition) is 1. The lowest BCUT2D eigenvalue weighted by molar-refractivity contribution is -0.117. The van der Waals surface area contributed by atoms with Crippen molar-refractivity contribution in [3.8, 4) is 0 Å². The Hall–Kier alpha value is -2.87. The molecule has 1 saturated heterocycles. The average molecular weight is 368 g/mol. The van der Waals surface area contributed by atoms with E-state index in [0.717, 1.165) is 37.0 Å². The molecule has 0 aliphatic carbocycles. The number of nitrogens with zero attached hydrogens (tertiary/aromatic N) is 5. The van der Waals surface area contributed by atoms with Crippen molar-refractivity contribution < 1.29 is 4.79 Å². The largest absolute Gasteiger partial charge is 0.328 e. The molecule has 142 valence electrons. The van der Waals surface area contributed by atoms with Gasteiger partial charge in [0.2, 0.25) is 5.91 Å². The average Bonchev–Trinajstić information content (AvgIpc) is 3.36. The summed E-state index contributed by atoms with van der Waals surface area (Å²) in [6.07, 6.45) is 5.90. The van der Waals surface area contributed by atoms with Crippen LogP contribution in [0.5, 0.6) is 0 Å². The van der Waals surface area contributed by atoms with Crippen molar-refractivity contribution in [2.75, 3.05) is 18.4 Å². The predicted molar refractivity (Wildman–Crippen MR) is 104 cm³/mol. The Balaban J connectivity index is 1.44. The van der Waals surface area contributed by atoms with E-state index in [4.69, 9.17) is 0 Å². The predicted octanol–water partition coefficient (Wildman–Crippen LogP) is 1.18. The molecule has 0 spiro atoms. The lowest BCUT2D eigenvalue weighted by Crippen LogP contribution is -2.39. The molecule has 0 saturated carbocycles. The molecule has 1 aliphatic rings. The zero-order valence-electron chi connectivity index (χ0n) is 15.6. The number of anilines is 1. The zero-order chi connectivity index (χ0) is 19.0. The number of benzene rings is 1. The fourth-order valence-corrected chi connectivity index (χ4v) is 3.90. The summed E-state index contributed by atoms with van der Waals surface area (Å²) in [4.78, 5) is 26.8. The number of rotatable bonds is 5. The van der Waals surface area contributed by atoms with Gasteiger partial charge in [0, 0.05) is 38.2 Å². The van der Waals surface area contributed by atoms with Crippen LogP contribution < -0.4 is 11.0 Å². The number of hydrogen-bond acceptors (Lipinski definition) is 4. The Labute approximate surface area is 157 Å². The van der Waals surface area contributed by atoms with E-state index in [1.807, 2.05) is 35.1 Å². The standard InChI is InChI=1S/C19H24N6O2/c1-22-16-7-6-14(11-17(16)23(2)19(22)27)21-18(26)13-24-9-3-5-15(24)12-25-10-4-8-20-25/h4,6-8,10-11,15H,3,5,9,12-13H2,1-2H3,(H,21,26). The molecule has 1 amide bonds. The molecule has 8 nitrogen and oxygen atoms in total. The van der Waals surface area contributed by atoms with Gasteiger partial charge in [-0.2, -0.15) is 5.10 Å². The molecule has 1 unspecified atom stereocenters. The van der Waals surface area contributed by atoms with Crippen molar-refractivity contribution in [2.45, 2.75) is 25.4 Å². The zero-order valence-corrected chi connectivity index (χ0v) is 15.6. The monoisotopic (exact) mass is 368 g/mol. The maximum Gasteiger partial charge on any atom is 0.328 e. The molecule has 1 N–H and O–H groups in total. The second-order valence-corrected chi connectivity index (χ2v) is 7.15. The maximum atomic E-state index is 12.6. The van der Waals surface area contributed by atoms with Gasteiger partial charge in [0.15, 0.2) is 0 Å². The summed E-state index contributed by atoms with van der Waals surface area (Å²) in [7, 11) is 3.48. The number of likely N-dealkylation sites (tertiary alicyclic amines) is 1. The van der Waals surface area contributed by atoms with Crippen LogP contribution in [0, 0.1) is 0 Å². The summed E-state index contributed by atoms with van der Waals surface area (Å²) in [5.41, 5.74) is 2.28. The van der Waals surface area contributed by atoms with Gasteiger partial charge in [0.1, 0.15) is 0 Å². The maximum absolute atomic E-state index is 12.6. The van der Waals surface area contributed by atoms with Crippen molar-refractivity contribution in [1.29, 1.82) is 0 Å². The molecule has 1 aliphatic heterocycles. The van der Waals surface area contributed by atoms with Crippen LogP contribution in [0.15, 0.2) is 41.5 Å². The third kappa shape index (κ3) is 3.40. The van der Waals surface area contributed by atoms with Crippen LogP contribution in [0.1, 0.15) is 12.8 Å². The van der Waals surface area contributed by atoms with Gasteiger partial charge in [-0.1, -0.05) is 0 Å². The second kappa shape index (κ2) is 7.03. The minimum Gasteiger partial charge on any atom is -0.325 e. The van der Waals surface area contributed by atoms with E-state index in [1.54, 1.807) is 29.4 Å². The minimum atomic E-state index is -0.0768. The number of carbonyl (C=O) groups is 1. The highest BCUT2D eigenvalue weighted by molar-refractivity contribution is 5.94. The van der Waals surface area contributed by atoms with Gasteiger partial charge in [0.05, 0.1) is 24.1 Å². The fraction of sp³-hybridized carbons (Fsp3) is 0.421. The van der Waals surface area contributed by atoms with Crippen molar-refractivity contribution in [3.05, 3.63) is 47.1 Å². The molecule has 1 fully saturated rings. The Morgan fingerprint density at radius 1 is 1.26 bits per heavy atom. The number of carbonyl (C=O) groups excluding carboxylic acids is 1. The summed E-state index contributed by atoms with van der Waals surface area (Å²) < 4.78 is 5.11. The number of aryl methyl sites for hydroxylation is 2. The van der Waals surface area contributed by atoms with Crippen LogP contribution in [0.4, 0.5) is 5.69 Å². The molecular formula is C19H24N6O2. The molecule has 1 aromatic carbocycles. The van der Waals surface area contributed by atoms with E-state index in [1.165, 1.54) is 0 Å². The molecular weight excluding hydrogens is 344 g/mol. The minimum absolute atomic E-state index is 0.0392. The summed E-state index contributed by atoms with van der Waals surface area (Å²) >= 11 is 0. The highest BCUT2D eigenvalue weighted by Gasteiger charge is 2.26. The van der Waals surface area contributed by atoms with Gasteiger partial charge >= 0.3 is 5.69 Å². The molecule has 3 aromatic rings. The van der Waals surface area contributed by atoms with E-state index in [2.05, 4.69) is 15.3 Å². The van der Waals surface area contributed by atoms with Crippen molar-refractivity contribution in [1.82, 2.24) is 23.8 Å². The van der Waals surface area contributed by atoms with E-state index in [9.17, 15) is 9.59 Å². The third-order valence-corrected chi connectivity index (χ3v) is 5.36. The van der Waals surface area contributed by atoms with Gasteiger partial charge in [-0.15, -0.1) is 0 Å². The Morgan fingerprint density at radius 2 is 2.07 bits per heavy atom. The summed E-state index contributed by atoms with van der Waals surface area (Å²) in [5.74, 6) is -0.0392. The Kier molecular flexibility index (Phi) is 4.57. The van der Waals surface area contributed by atoms with Gasteiger partial charge in [-0.3, -0.25) is 23.5 Å². The number of imidazole rings is 1. The number of fused-ring (bicyclic) bond motifs is 1. The third-order valence-electron chi connectivity index (χ3n) is 5.36. The first-order chi connectivity index (χ1) is 13.0. The first kappa shape index (κ1) is 17.5. The van der Waals surface area contributed by atoms with E-state index in [0.29, 0.717) is 18.3 Å². The second-order valence-electron chi connectivity index (χ2n) is 7.15. The van der Waals surface area contributed by atoms with E-state index < -0.39 is 0 Å². The lowest BCUT2D eigenvalue weighted by atomic mass is 10.2. The van der Waals surface area contributed by atoms with Crippen LogP contribution in [0.25, 0.3) is 11.0 Å². The van der Waals surface area contributed by atoms with Gasteiger partial charge in [-0.25, -0.2) is 4.79 Å². The normalized spacial score (nSPS) is 17.6. The molecule has 4 rings (SSSR count). The smallest absolute Gasteiger partial charge is 0.325 e. The summed E-state index contributed by atoms with van der Waals surface area (Å²) in [6.45, 7) is 2.08. The number of aromatic nitrogens is 4. The van der Waals surface area contributed by atoms with Crippen LogP contribution in [-0.4, -0.2) is 48.9 Å². The number of amides is 1. The molecule has 8 heteroatoms. The Bertz CT molecular complexity index is 1020. The van der Waals surface area contributed by atoms with Crippen molar-refractivity contribution in [3.63, 3.8) is 0 Å². The number of nitrogens with one attached hydrogen (secondary N) is 1. The quantitative estimate of drug-likeness (QED) is 0.734. The Morgan fingerprint density at radius 3 is 2.85 bits per heavy atom. The molecule has 27 heavy (non-hydrogen) atoms. The lowest BCUT2D eigenvalue weighted by Gasteiger charge is -2.23.